The lowest BCUT2D eigenvalue weighted by molar-refractivity contribution is -0.120. The van der Waals surface area contributed by atoms with Gasteiger partial charge in [0.05, 0.1) is 9.99 Å². The van der Waals surface area contributed by atoms with Crippen LogP contribution in [0.15, 0.2) is 61.6 Å². The van der Waals surface area contributed by atoms with E-state index in [0.29, 0.717) is 5.75 Å². The molecular weight excluding hydrogens is 454 g/mol. The maximum atomic E-state index is 11.9. The highest BCUT2D eigenvalue weighted by atomic mass is 79.9. The first-order valence-corrected chi connectivity index (χ1v) is 8.85. The second-order valence-electron chi connectivity index (χ2n) is 5.21. The average Bonchev–Trinajstić information content (AvgIpc) is 2.84. The number of ether oxygens (including phenoxy) is 1. The number of aromatic hydroxyl groups is 1. The van der Waals surface area contributed by atoms with Crippen LogP contribution in [0.5, 0.6) is 11.6 Å². The molecule has 0 saturated heterocycles. The lowest BCUT2D eigenvalue weighted by Crippen LogP contribution is -2.08. The monoisotopic (exact) mass is 465 g/mol. The fraction of sp³-hybridized carbons (Fsp3) is 0.118. The Bertz CT molecular complexity index is 983. The predicted molar refractivity (Wildman–Crippen MR) is 101 cm³/mol. The second kappa shape index (κ2) is 7.37. The molecule has 8 heteroatoms. The molecule has 0 aliphatic carbocycles. The fourth-order valence-electron chi connectivity index (χ4n) is 2.32. The summed E-state index contributed by atoms with van der Waals surface area (Å²) in [6, 6.07) is 12.7. The number of hydrogen-bond donors (Lipinski definition) is 1. The van der Waals surface area contributed by atoms with Gasteiger partial charge in [0.25, 0.3) is 0 Å². The number of aromatic nitrogens is 1. The van der Waals surface area contributed by atoms with Crippen molar-refractivity contribution in [2.45, 2.75) is 0 Å². The van der Waals surface area contributed by atoms with Crippen molar-refractivity contribution in [3.05, 3.63) is 51.4 Å². The molecule has 0 radical (unpaired) electrons. The Morgan fingerprint density at radius 2 is 2.00 bits per heavy atom. The molecule has 1 heterocycles. The zero-order valence-electron chi connectivity index (χ0n) is 13.1. The number of benzene rings is 2. The number of halogens is 2. The summed E-state index contributed by atoms with van der Waals surface area (Å²) < 4.78 is 8.63. The molecule has 0 unspecified atom stereocenters. The highest BCUT2D eigenvalue weighted by Crippen LogP contribution is 2.37. The van der Waals surface area contributed by atoms with Gasteiger partial charge in [-0.3, -0.25) is 4.79 Å². The second-order valence-corrected chi connectivity index (χ2v) is 6.98. The summed E-state index contributed by atoms with van der Waals surface area (Å²) in [6.07, 6.45) is 0. The van der Waals surface area contributed by atoms with Crippen LogP contribution >= 0.6 is 31.9 Å². The van der Waals surface area contributed by atoms with E-state index in [1.54, 1.807) is 23.7 Å². The van der Waals surface area contributed by atoms with E-state index in [9.17, 15) is 9.90 Å². The first-order valence-electron chi connectivity index (χ1n) is 7.26. The molecule has 2 aromatic carbocycles. The van der Waals surface area contributed by atoms with Gasteiger partial charge >= 0.3 is 5.91 Å². The van der Waals surface area contributed by atoms with E-state index in [1.807, 2.05) is 30.3 Å². The van der Waals surface area contributed by atoms with Gasteiger partial charge in [0.2, 0.25) is 5.88 Å². The number of fused-ring (bicyclic) bond motifs is 1. The molecule has 6 nitrogen and oxygen atoms in total. The minimum absolute atomic E-state index is 0.0469. The summed E-state index contributed by atoms with van der Waals surface area (Å²) in [5.41, 5.74) is 1.06. The van der Waals surface area contributed by atoms with E-state index in [0.717, 1.165) is 19.8 Å². The van der Waals surface area contributed by atoms with Crippen molar-refractivity contribution in [3.8, 4) is 11.6 Å². The van der Waals surface area contributed by atoms with E-state index in [-0.39, 0.29) is 18.2 Å². The molecule has 1 amide bonds. The summed E-state index contributed by atoms with van der Waals surface area (Å²) in [4.78, 5) is 11.9. The number of azo groups is 1. The van der Waals surface area contributed by atoms with E-state index in [2.05, 4.69) is 42.1 Å². The van der Waals surface area contributed by atoms with E-state index < -0.39 is 5.91 Å². The Labute approximate surface area is 160 Å². The van der Waals surface area contributed by atoms with Gasteiger partial charge in [0.15, 0.2) is 12.3 Å². The van der Waals surface area contributed by atoms with E-state index in [1.165, 1.54) is 0 Å². The van der Waals surface area contributed by atoms with Crippen LogP contribution in [0.4, 0.5) is 5.69 Å². The Morgan fingerprint density at radius 3 is 2.76 bits per heavy atom. The van der Waals surface area contributed by atoms with Gasteiger partial charge in [-0.25, -0.2) is 0 Å². The highest BCUT2D eigenvalue weighted by molar-refractivity contribution is 9.11. The zero-order valence-corrected chi connectivity index (χ0v) is 16.3. The zero-order chi connectivity index (χ0) is 18.0. The van der Waals surface area contributed by atoms with Crippen LogP contribution in [0.25, 0.3) is 10.9 Å². The molecule has 1 aromatic heterocycles. The lowest BCUT2D eigenvalue weighted by Gasteiger charge is -2.05. The highest BCUT2D eigenvalue weighted by Gasteiger charge is 2.14. The molecule has 0 aliphatic rings. The number of amides is 1. The van der Waals surface area contributed by atoms with Crippen molar-refractivity contribution < 1.29 is 14.6 Å². The molecule has 3 rings (SSSR count). The fourth-order valence-corrected chi connectivity index (χ4v) is 3.49. The van der Waals surface area contributed by atoms with Gasteiger partial charge in [-0.2, -0.15) is 0 Å². The van der Waals surface area contributed by atoms with Crippen molar-refractivity contribution in [1.29, 1.82) is 0 Å². The number of aryl methyl sites for hydroxylation is 1. The summed E-state index contributed by atoms with van der Waals surface area (Å²) in [6.45, 7) is -0.255. The molecule has 3 aromatic rings. The van der Waals surface area contributed by atoms with Crippen LogP contribution in [-0.2, 0) is 11.8 Å². The Morgan fingerprint density at radius 1 is 1.24 bits per heavy atom. The quantitative estimate of drug-likeness (QED) is 0.543. The first-order chi connectivity index (χ1) is 12.0. The van der Waals surface area contributed by atoms with Crippen LogP contribution in [0.2, 0.25) is 0 Å². The standard InChI is InChI=1S/C17H13Br2N3O3/c1-22-13-5-3-2-4-11(13)16(17(22)24)21-20-15(23)9-25-14-7-6-10(18)8-12(14)19/h2-8,24H,9H2,1H3. The molecule has 0 bridgehead atoms. The number of hydrogen-bond acceptors (Lipinski definition) is 4. The molecule has 0 fully saturated rings. The van der Waals surface area contributed by atoms with Crippen LogP contribution in [-0.4, -0.2) is 22.2 Å². The van der Waals surface area contributed by atoms with Crippen molar-refractivity contribution >= 4 is 54.4 Å². The van der Waals surface area contributed by atoms with Crippen LogP contribution in [0.3, 0.4) is 0 Å². The Kier molecular flexibility index (Phi) is 5.19. The van der Waals surface area contributed by atoms with Crippen molar-refractivity contribution in [1.82, 2.24) is 4.57 Å². The molecule has 0 aliphatic heterocycles. The smallest absolute Gasteiger partial charge is 0.302 e. The summed E-state index contributed by atoms with van der Waals surface area (Å²) in [5, 5.41) is 18.4. The van der Waals surface area contributed by atoms with Crippen molar-refractivity contribution in [2.75, 3.05) is 6.61 Å². The minimum Gasteiger partial charge on any atom is -0.493 e. The maximum Gasteiger partial charge on any atom is 0.302 e. The number of nitrogens with zero attached hydrogens (tertiary/aromatic N) is 3. The molecule has 0 atom stereocenters. The van der Waals surface area contributed by atoms with E-state index in [4.69, 9.17) is 4.74 Å². The predicted octanol–water partition coefficient (Wildman–Crippen LogP) is 5.10. The summed E-state index contributed by atoms with van der Waals surface area (Å²) in [7, 11) is 1.71. The first kappa shape index (κ1) is 17.6. The van der Waals surface area contributed by atoms with Gasteiger partial charge in [-0.05, 0) is 40.2 Å². The number of rotatable bonds is 4. The molecular formula is C17H13Br2N3O3. The largest absolute Gasteiger partial charge is 0.493 e. The minimum atomic E-state index is -0.554. The van der Waals surface area contributed by atoms with Crippen LogP contribution < -0.4 is 4.74 Å². The number of carbonyl (C=O) groups is 1. The van der Waals surface area contributed by atoms with Crippen LogP contribution in [0, 0.1) is 0 Å². The SMILES string of the molecule is Cn1c(O)c(N=NC(=O)COc2ccc(Br)cc2Br)c2ccccc21. The van der Waals surface area contributed by atoms with Crippen LogP contribution in [0.1, 0.15) is 0 Å². The third kappa shape index (κ3) is 3.74. The average molecular weight is 467 g/mol. The molecule has 128 valence electrons. The summed E-state index contributed by atoms with van der Waals surface area (Å²) >= 11 is 6.70. The summed E-state index contributed by atoms with van der Waals surface area (Å²) in [5.74, 6) is -0.0729. The molecule has 0 spiro atoms. The van der Waals surface area contributed by atoms with Gasteiger partial charge in [-0.15, -0.1) is 10.2 Å². The van der Waals surface area contributed by atoms with Crippen molar-refractivity contribution in [2.24, 2.45) is 17.3 Å². The third-order valence-corrected chi connectivity index (χ3v) is 4.67. The van der Waals surface area contributed by atoms with Gasteiger partial charge in [0, 0.05) is 16.9 Å². The normalized spacial score (nSPS) is 11.3. The van der Waals surface area contributed by atoms with Crippen molar-refractivity contribution in [3.63, 3.8) is 0 Å². The number of carbonyl (C=O) groups excluding carboxylic acids is 1. The lowest BCUT2D eigenvalue weighted by atomic mass is 10.2. The third-order valence-electron chi connectivity index (χ3n) is 3.56. The topological polar surface area (TPSA) is 76.2 Å². The number of para-hydroxylation sites is 1. The van der Waals surface area contributed by atoms with Gasteiger partial charge < -0.3 is 14.4 Å². The maximum absolute atomic E-state index is 11.9. The van der Waals surface area contributed by atoms with E-state index >= 15 is 0 Å². The molecule has 0 saturated carbocycles. The molecule has 25 heavy (non-hydrogen) atoms. The Hall–Kier alpha value is -2.19. The molecule has 1 N–H and O–H groups in total. The Balaban J connectivity index is 1.74. The van der Waals surface area contributed by atoms with Gasteiger partial charge in [0.1, 0.15) is 5.75 Å². The van der Waals surface area contributed by atoms with Gasteiger partial charge in [-0.1, -0.05) is 34.1 Å².